The van der Waals surface area contributed by atoms with Crippen molar-refractivity contribution < 1.29 is 14.0 Å². The molecule has 0 radical (unpaired) electrons. The van der Waals surface area contributed by atoms with E-state index in [1.54, 1.807) is 6.92 Å². The molecule has 112 valence electrons. The second kappa shape index (κ2) is 7.24. The number of carbonyl (C=O) groups is 2. The summed E-state index contributed by atoms with van der Waals surface area (Å²) in [6.45, 7) is 1.71. The molecule has 1 aromatic carbocycles. The zero-order valence-corrected chi connectivity index (χ0v) is 12.1. The van der Waals surface area contributed by atoms with E-state index in [4.69, 9.17) is 5.26 Å². The second-order valence-corrected chi connectivity index (χ2v) is 4.57. The maximum Gasteiger partial charge on any atom is 0.321 e. The van der Waals surface area contributed by atoms with Crippen molar-refractivity contribution in [1.29, 1.82) is 5.26 Å². The van der Waals surface area contributed by atoms with E-state index in [-0.39, 0.29) is 29.6 Å². The van der Waals surface area contributed by atoms with Crippen LogP contribution < -0.4 is 10.6 Å². The number of urea groups is 1. The van der Waals surface area contributed by atoms with Gasteiger partial charge in [-0.05, 0) is 25.1 Å². The van der Waals surface area contributed by atoms with Crippen LogP contribution >= 0.6 is 0 Å². The molecular formula is C14H17FN4O2. The van der Waals surface area contributed by atoms with Crippen LogP contribution in [0, 0.1) is 17.1 Å². The van der Waals surface area contributed by atoms with Crippen molar-refractivity contribution in [1.82, 2.24) is 10.2 Å². The number of nitrogens with one attached hydrogen (secondary N) is 2. The van der Waals surface area contributed by atoms with Crippen LogP contribution in [-0.2, 0) is 4.79 Å². The van der Waals surface area contributed by atoms with Crippen molar-refractivity contribution in [3.8, 4) is 6.07 Å². The Kier molecular flexibility index (Phi) is 5.67. The molecule has 0 heterocycles. The van der Waals surface area contributed by atoms with E-state index < -0.39 is 11.8 Å². The number of anilines is 1. The third-order valence-electron chi connectivity index (χ3n) is 3.08. The highest BCUT2D eigenvalue weighted by Crippen LogP contribution is 2.16. The third-order valence-corrected chi connectivity index (χ3v) is 3.08. The zero-order chi connectivity index (χ0) is 16.0. The van der Waals surface area contributed by atoms with Gasteiger partial charge in [0.1, 0.15) is 5.82 Å². The largest absolute Gasteiger partial charge is 0.359 e. The van der Waals surface area contributed by atoms with E-state index in [0.717, 1.165) is 6.07 Å². The molecule has 3 amide bonds. The van der Waals surface area contributed by atoms with Gasteiger partial charge in [0.25, 0.3) is 0 Å². The minimum atomic E-state index is -0.685. The molecule has 0 spiro atoms. The van der Waals surface area contributed by atoms with E-state index in [1.807, 2.05) is 6.07 Å². The monoisotopic (exact) mass is 292 g/mol. The lowest BCUT2D eigenvalue weighted by atomic mass is 10.2. The third kappa shape index (κ3) is 4.45. The fourth-order valence-electron chi connectivity index (χ4n) is 1.60. The van der Waals surface area contributed by atoms with Crippen LogP contribution in [0.5, 0.6) is 0 Å². The maximum atomic E-state index is 13.7. The van der Waals surface area contributed by atoms with Crippen LogP contribution in [0.4, 0.5) is 14.9 Å². The van der Waals surface area contributed by atoms with Crippen LogP contribution in [0.25, 0.3) is 0 Å². The molecule has 0 aliphatic heterocycles. The molecule has 0 aliphatic rings. The molecule has 0 saturated heterocycles. The number of nitriles is 1. The van der Waals surface area contributed by atoms with E-state index in [9.17, 15) is 14.0 Å². The van der Waals surface area contributed by atoms with Gasteiger partial charge < -0.3 is 15.5 Å². The Morgan fingerprint density at radius 1 is 1.48 bits per heavy atom. The van der Waals surface area contributed by atoms with Crippen LogP contribution in [-0.4, -0.2) is 37.0 Å². The molecule has 0 bridgehead atoms. The first-order chi connectivity index (χ1) is 9.88. The van der Waals surface area contributed by atoms with Crippen LogP contribution in [0.1, 0.15) is 18.9 Å². The van der Waals surface area contributed by atoms with Gasteiger partial charge in [-0.3, -0.25) is 4.79 Å². The molecule has 2 N–H and O–H groups in total. The summed E-state index contributed by atoms with van der Waals surface area (Å²) in [6, 6.07) is 4.71. The molecule has 0 saturated carbocycles. The Bertz CT molecular complexity index is 583. The Morgan fingerprint density at radius 2 is 2.14 bits per heavy atom. The first-order valence-electron chi connectivity index (χ1n) is 6.33. The molecule has 7 heteroatoms. The van der Waals surface area contributed by atoms with Gasteiger partial charge in [0.15, 0.2) is 0 Å². The molecule has 0 aromatic heterocycles. The SMILES string of the molecule is CNC(=O)C[C@@H](C)N(C)C(=O)Nc1ccc(C#N)cc1F. The molecule has 0 unspecified atom stereocenters. The number of halogens is 1. The Balaban J connectivity index is 2.72. The predicted octanol–water partition coefficient (Wildman–Crippen LogP) is 1.69. The van der Waals surface area contributed by atoms with E-state index in [1.165, 1.54) is 31.1 Å². The Labute approximate surface area is 122 Å². The normalized spacial score (nSPS) is 11.2. The maximum absolute atomic E-state index is 13.7. The van der Waals surface area contributed by atoms with Crippen molar-refractivity contribution in [3.05, 3.63) is 29.6 Å². The second-order valence-electron chi connectivity index (χ2n) is 4.57. The van der Waals surface area contributed by atoms with Crippen molar-refractivity contribution in [3.63, 3.8) is 0 Å². The minimum absolute atomic E-state index is 0.0157. The van der Waals surface area contributed by atoms with Gasteiger partial charge >= 0.3 is 6.03 Å². The van der Waals surface area contributed by atoms with Gasteiger partial charge in [0.05, 0.1) is 17.3 Å². The van der Waals surface area contributed by atoms with Crippen molar-refractivity contribution in [2.75, 3.05) is 19.4 Å². The molecule has 1 rings (SSSR count). The highest BCUT2D eigenvalue weighted by molar-refractivity contribution is 5.90. The van der Waals surface area contributed by atoms with Crippen molar-refractivity contribution in [2.24, 2.45) is 0 Å². The highest BCUT2D eigenvalue weighted by Gasteiger charge is 2.19. The Hall–Kier alpha value is -2.62. The number of hydrogen-bond acceptors (Lipinski definition) is 3. The Morgan fingerprint density at radius 3 is 2.67 bits per heavy atom. The zero-order valence-electron chi connectivity index (χ0n) is 12.1. The number of amides is 3. The van der Waals surface area contributed by atoms with Gasteiger partial charge in [0.2, 0.25) is 5.91 Å². The molecule has 0 aliphatic carbocycles. The summed E-state index contributed by atoms with van der Waals surface area (Å²) in [5.74, 6) is -0.874. The average molecular weight is 292 g/mol. The average Bonchev–Trinajstić information content (AvgIpc) is 2.47. The van der Waals surface area contributed by atoms with Gasteiger partial charge in [-0.15, -0.1) is 0 Å². The standard InChI is InChI=1S/C14H17FN4O2/c1-9(6-13(20)17-2)19(3)14(21)18-12-5-4-10(8-16)7-11(12)15/h4-5,7,9H,6H2,1-3H3,(H,17,20)(H,18,21)/t9-/m1/s1. The fraction of sp³-hybridized carbons (Fsp3) is 0.357. The van der Waals surface area contributed by atoms with E-state index in [2.05, 4.69) is 10.6 Å². The quantitative estimate of drug-likeness (QED) is 0.885. The summed E-state index contributed by atoms with van der Waals surface area (Å²) in [5, 5.41) is 13.5. The predicted molar refractivity (Wildman–Crippen MR) is 76.0 cm³/mol. The van der Waals surface area contributed by atoms with Gasteiger partial charge in [0, 0.05) is 26.6 Å². The summed E-state index contributed by atoms with van der Waals surface area (Å²) < 4.78 is 13.7. The van der Waals surface area contributed by atoms with Crippen molar-refractivity contribution >= 4 is 17.6 Å². The lowest BCUT2D eigenvalue weighted by Crippen LogP contribution is -2.40. The number of benzene rings is 1. The first kappa shape index (κ1) is 16.4. The lowest BCUT2D eigenvalue weighted by molar-refractivity contribution is -0.121. The first-order valence-corrected chi connectivity index (χ1v) is 6.33. The fourth-order valence-corrected chi connectivity index (χ4v) is 1.60. The smallest absolute Gasteiger partial charge is 0.321 e. The number of hydrogen-bond donors (Lipinski definition) is 2. The summed E-state index contributed by atoms with van der Waals surface area (Å²) in [5.41, 5.74) is 0.157. The highest BCUT2D eigenvalue weighted by atomic mass is 19.1. The molecule has 0 fully saturated rings. The lowest BCUT2D eigenvalue weighted by Gasteiger charge is -2.24. The summed E-state index contributed by atoms with van der Waals surface area (Å²) in [4.78, 5) is 24.6. The van der Waals surface area contributed by atoms with E-state index in [0.29, 0.717) is 0 Å². The molecule has 21 heavy (non-hydrogen) atoms. The minimum Gasteiger partial charge on any atom is -0.359 e. The van der Waals surface area contributed by atoms with Crippen molar-refractivity contribution in [2.45, 2.75) is 19.4 Å². The molecular weight excluding hydrogens is 275 g/mol. The van der Waals surface area contributed by atoms with E-state index >= 15 is 0 Å². The summed E-state index contributed by atoms with van der Waals surface area (Å²) in [6.07, 6.45) is 0.149. The van der Waals surface area contributed by atoms with Crippen LogP contribution in [0.2, 0.25) is 0 Å². The number of rotatable bonds is 4. The summed E-state index contributed by atoms with van der Waals surface area (Å²) >= 11 is 0. The number of nitrogens with zero attached hydrogens (tertiary/aromatic N) is 2. The molecule has 1 atom stereocenters. The van der Waals surface area contributed by atoms with Gasteiger partial charge in [-0.2, -0.15) is 5.26 Å². The number of carbonyl (C=O) groups excluding carboxylic acids is 2. The van der Waals surface area contributed by atoms with Gasteiger partial charge in [-0.1, -0.05) is 0 Å². The van der Waals surface area contributed by atoms with Crippen LogP contribution in [0.15, 0.2) is 18.2 Å². The molecule has 1 aromatic rings. The summed E-state index contributed by atoms with van der Waals surface area (Å²) in [7, 11) is 3.03. The van der Waals surface area contributed by atoms with Gasteiger partial charge in [-0.25, -0.2) is 9.18 Å². The topological polar surface area (TPSA) is 85.2 Å². The molecule has 6 nitrogen and oxygen atoms in total. The van der Waals surface area contributed by atoms with Crippen LogP contribution in [0.3, 0.4) is 0 Å².